The van der Waals surface area contributed by atoms with Crippen LogP contribution >= 0.6 is 0 Å². The molecular weight excluding hydrogens is 312 g/mol. The molecule has 1 aromatic carbocycles. The predicted octanol–water partition coefficient (Wildman–Crippen LogP) is 1.89. The largest absolute Gasteiger partial charge is 0.494 e. The summed E-state index contributed by atoms with van der Waals surface area (Å²) in [5.74, 6) is -2.42. The van der Waals surface area contributed by atoms with Crippen molar-refractivity contribution in [3.63, 3.8) is 0 Å². The SMILES string of the molecule is COc1ccc(F)c(C(O)C(O)CNC(=O)OC(C)(C)C)c1F. The lowest BCUT2D eigenvalue weighted by atomic mass is 10.0. The molecule has 0 fully saturated rings. The topological polar surface area (TPSA) is 88.0 Å². The normalized spacial score (nSPS) is 14.1. The molecule has 8 heteroatoms. The maximum absolute atomic E-state index is 14.0. The second-order valence-electron chi connectivity index (χ2n) is 5.87. The molecule has 23 heavy (non-hydrogen) atoms. The second kappa shape index (κ2) is 7.56. The zero-order valence-corrected chi connectivity index (χ0v) is 13.4. The van der Waals surface area contributed by atoms with Gasteiger partial charge in [0.25, 0.3) is 0 Å². The molecule has 3 N–H and O–H groups in total. The van der Waals surface area contributed by atoms with Gasteiger partial charge in [0.1, 0.15) is 23.6 Å². The van der Waals surface area contributed by atoms with E-state index in [1.165, 1.54) is 7.11 Å². The smallest absolute Gasteiger partial charge is 0.407 e. The number of hydrogen-bond acceptors (Lipinski definition) is 5. The van der Waals surface area contributed by atoms with Crippen molar-refractivity contribution >= 4 is 6.09 Å². The Labute approximate surface area is 133 Å². The highest BCUT2D eigenvalue weighted by Gasteiger charge is 2.28. The summed E-state index contributed by atoms with van der Waals surface area (Å²) in [5.41, 5.74) is -1.47. The lowest BCUT2D eigenvalue weighted by molar-refractivity contribution is 0.00931. The molecule has 0 radical (unpaired) electrons. The van der Waals surface area contributed by atoms with E-state index in [9.17, 15) is 23.8 Å². The zero-order valence-electron chi connectivity index (χ0n) is 13.4. The quantitative estimate of drug-likeness (QED) is 0.766. The van der Waals surface area contributed by atoms with E-state index in [0.717, 1.165) is 12.1 Å². The Bertz CT molecular complexity index is 560. The van der Waals surface area contributed by atoms with Gasteiger partial charge < -0.3 is 25.0 Å². The van der Waals surface area contributed by atoms with Gasteiger partial charge in [-0.05, 0) is 32.9 Å². The first-order valence-corrected chi connectivity index (χ1v) is 6.91. The van der Waals surface area contributed by atoms with E-state index in [1.54, 1.807) is 20.8 Å². The number of benzene rings is 1. The Hall–Kier alpha value is -1.93. The summed E-state index contributed by atoms with van der Waals surface area (Å²) in [6.45, 7) is 4.50. The van der Waals surface area contributed by atoms with Gasteiger partial charge in [0.05, 0.1) is 12.7 Å². The van der Waals surface area contributed by atoms with E-state index < -0.39 is 47.6 Å². The monoisotopic (exact) mass is 333 g/mol. The van der Waals surface area contributed by atoms with Crippen molar-refractivity contribution in [1.82, 2.24) is 5.32 Å². The van der Waals surface area contributed by atoms with Gasteiger partial charge in [-0.15, -0.1) is 0 Å². The summed E-state index contributed by atoms with van der Waals surface area (Å²) in [6.07, 6.45) is -4.35. The third kappa shape index (κ3) is 5.33. The minimum Gasteiger partial charge on any atom is -0.494 e. The lowest BCUT2D eigenvalue weighted by Crippen LogP contribution is -2.39. The first-order chi connectivity index (χ1) is 10.6. The maximum atomic E-state index is 14.0. The van der Waals surface area contributed by atoms with Crippen molar-refractivity contribution in [3.05, 3.63) is 29.3 Å². The fourth-order valence-corrected chi connectivity index (χ4v) is 1.78. The standard InChI is InChI=1S/C15H21F2NO5/c1-15(2,3)23-14(21)18-7-9(19)13(20)11-8(16)5-6-10(22-4)12(11)17/h5-6,9,13,19-20H,7H2,1-4H3,(H,18,21). The van der Waals surface area contributed by atoms with Gasteiger partial charge in [0, 0.05) is 6.54 Å². The van der Waals surface area contributed by atoms with Crippen LogP contribution in [0, 0.1) is 11.6 Å². The van der Waals surface area contributed by atoms with Gasteiger partial charge in [0.2, 0.25) is 0 Å². The number of aliphatic hydroxyl groups excluding tert-OH is 2. The average molecular weight is 333 g/mol. The van der Waals surface area contributed by atoms with E-state index in [2.05, 4.69) is 5.32 Å². The van der Waals surface area contributed by atoms with Crippen LogP contribution in [-0.4, -0.2) is 41.7 Å². The molecule has 130 valence electrons. The first-order valence-electron chi connectivity index (χ1n) is 6.91. The molecule has 1 aromatic rings. The van der Waals surface area contributed by atoms with Gasteiger partial charge in [-0.2, -0.15) is 0 Å². The summed E-state index contributed by atoms with van der Waals surface area (Å²) in [5, 5.41) is 22.0. The number of nitrogens with one attached hydrogen (secondary N) is 1. The number of rotatable bonds is 5. The number of hydrogen-bond donors (Lipinski definition) is 3. The van der Waals surface area contributed by atoms with E-state index >= 15 is 0 Å². The summed E-state index contributed by atoms with van der Waals surface area (Å²) in [4.78, 5) is 11.5. The lowest BCUT2D eigenvalue weighted by Gasteiger charge is -2.23. The molecule has 1 amide bonds. The summed E-state index contributed by atoms with van der Waals surface area (Å²) in [6, 6.07) is 1.97. The van der Waals surface area contributed by atoms with Gasteiger partial charge in [0.15, 0.2) is 11.6 Å². The Morgan fingerprint density at radius 2 is 1.91 bits per heavy atom. The predicted molar refractivity (Wildman–Crippen MR) is 78.1 cm³/mol. The molecule has 1 rings (SSSR count). The highest BCUT2D eigenvalue weighted by molar-refractivity contribution is 5.67. The summed E-state index contributed by atoms with van der Waals surface area (Å²) in [7, 11) is 1.19. The minimum absolute atomic E-state index is 0.271. The molecular formula is C15H21F2NO5. The van der Waals surface area contributed by atoms with E-state index in [1.807, 2.05) is 0 Å². The highest BCUT2D eigenvalue weighted by Crippen LogP contribution is 2.29. The van der Waals surface area contributed by atoms with Crippen molar-refractivity contribution in [2.24, 2.45) is 0 Å². The van der Waals surface area contributed by atoms with Crippen molar-refractivity contribution in [2.45, 2.75) is 38.6 Å². The van der Waals surface area contributed by atoms with Crippen molar-refractivity contribution in [2.75, 3.05) is 13.7 Å². The van der Waals surface area contributed by atoms with Crippen LogP contribution in [0.4, 0.5) is 13.6 Å². The molecule has 0 aliphatic heterocycles. The van der Waals surface area contributed by atoms with E-state index in [4.69, 9.17) is 9.47 Å². The molecule has 0 heterocycles. The summed E-state index contributed by atoms with van der Waals surface area (Å²) < 4.78 is 37.4. The van der Waals surface area contributed by atoms with Crippen molar-refractivity contribution in [1.29, 1.82) is 0 Å². The van der Waals surface area contributed by atoms with Crippen LogP contribution in [0.25, 0.3) is 0 Å². The molecule has 0 saturated carbocycles. The molecule has 2 unspecified atom stereocenters. The van der Waals surface area contributed by atoms with E-state index in [0.29, 0.717) is 0 Å². The molecule has 0 spiro atoms. The minimum atomic E-state index is -1.89. The van der Waals surface area contributed by atoms with Crippen molar-refractivity contribution < 1.29 is 33.3 Å². The Morgan fingerprint density at radius 3 is 2.43 bits per heavy atom. The van der Waals surface area contributed by atoms with Gasteiger partial charge >= 0.3 is 6.09 Å². The van der Waals surface area contributed by atoms with Gasteiger partial charge in [-0.1, -0.05) is 0 Å². The molecule has 6 nitrogen and oxygen atoms in total. The first kappa shape index (κ1) is 19.1. The number of amides is 1. The van der Waals surface area contributed by atoms with Gasteiger partial charge in [-0.3, -0.25) is 0 Å². The third-order valence-electron chi connectivity index (χ3n) is 2.83. The van der Waals surface area contributed by atoms with Crippen molar-refractivity contribution in [3.8, 4) is 5.75 Å². The van der Waals surface area contributed by atoms with Crippen LogP contribution in [0.2, 0.25) is 0 Å². The maximum Gasteiger partial charge on any atom is 0.407 e. The molecule has 0 aliphatic carbocycles. The molecule has 0 bridgehead atoms. The Morgan fingerprint density at radius 1 is 1.30 bits per heavy atom. The Kier molecular flexibility index (Phi) is 6.28. The van der Waals surface area contributed by atoms with Crippen LogP contribution in [0.3, 0.4) is 0 Å². The van der Waals surface area contributed by atoms with Crippen LogP contribution in [0.15, 0.2) is 12.1 Å². The molecule has 0 aromatic heterocycles. The molecule has 2 atom stereocenters. The highest BCUT2D eigenvalue weighted by atomic mass is 19.1. The number of methoxy groups -OCH3 is 1. The number of carbonyl (C=O) groups is 1. The Balaban J connectivity index is 2.78. The summed E-state index contributed by atoms with van der Waals surface area (Å²) >= 11 is 0. The van der Waals surface area contributed by atoms with Crippen LogP contribution in [0.5, 0.6) is 5.75 Å². The van der Waals surface area contributed by atoms with Crippen LogP contribution < -0.4 is 10.1 Å². The molecule has 0 aliphatic rings. The number of halogens is 2. The van der Waals surface area contributed by atoms with Gasteiger partial charge in [-0.25, -0.2) is 13.6 Å². The fourth-order valence-electron chi connectivity index (χ4n) is 1.78. The van der Waals surface area contributed by atoms with E-state index in [-0.39, 0.29) is 5.75 Å². The number of ether oxygens (including phenoxy) is 2. The average Bonchev–Trinajstić information content (AvgIpc) is 2.43. The van der Waals surface area contributed by atoms with Crippen LogP contribution in [-0.2, 0) is 4.74 Å². The number of aliphatic hydroxyl groups is 2. The fraction of sp³-hybridized carbons (Fsp3) is 0.533. The second-order valence-corrected chi connectivity index (χ2v) is 5.87. The number of carbonyl (C=O) groups excluding carboxylic acids is 1. The molecule has 0 saturated heterocycles. The zero-order chi connectivity index (χ0) is 17.8. The third-order valence-corrected chi connectivity index (χ3v) is 2.83. The number of alkyl carbamates (subject to hydrolysis) is 1. The van der Waals surface area contributed by atoms with Crippen LogP contribution in [0.1, 0.15) is 32.4 Å².